The summed E-state index contributed by atoms with van der Waals surface area (Å²) in [7, 11) is 1.88. The highest BCUT2D eigenvalue weighted by molar-refractivity contribution is 5.83. The first-order chi connectivity index (χ1) is 17.9. The average molecular weight is 502 g/mol. The van der Waals surface area contributed by atoms with E-state index in [1.807, 2.05) is 20.6 Å². The number of benzene rings is 3. The minimum absolute atomic E-state index is 0.0389. The van der Waals surface area contributed by atoms with Crippen LogP contribution in [0.25, 0.3) is 0 Å². The standard InChI is InChI=1S/C30H39N3.2CH2O/c1-23(27-17-11-14-25(21-27)20-24-12-7-5-8-13-24)30(2,3)22-29(32-4)33-28(18-19-31)26-15-9-6-10-16-26;2*1-2/h5-17,21,23,28H,18-20,22,31H2,1-4H3,(H,32,33);2*1H2/t23?,28-;;/m0../s1. The fourth-order valence-electron chi connectivity index (χ4n) is 4.41. The normalized spacial score (nSPS) is 12.7. The SMILES string of the molecule is C=O.C=O.CN=C(CC(C)(C)C(C)c1cccc(Cc2ccccc2)c1)N[C@@H](CCN)c1ccccc1. The lowest BCUT2D eigenvalue weighted by Gasteiger charge is -2.34. The largest absolute Gasteiger partial charge is 0.367 e. The van der Waals surface area contributed by atoms with Crippen LogP contribution in [0.15, 0.2) is 89.9 Å². The minimum atomic E-state index is 0.0389. The smallest absolute Gasteiger partial charge is 0.106 e. The van der Waals surface area contributed by atoms with E-state index in [1.54, 1.807) is 0 Å². The number of nitrogens with one attached hydrogen (secondary N) is 1. The molecule has 2 atom stereocenters. The second-order valence-corrected chi connectivity index (χ2v) is 9.65. The van der Waals surface area contributed by atoms with Crippen molar-refractivity contribution < 1.29 is 9.59 Å². The van der Waals surface area contributed by atoms with Crippen molar-refractivity contribution in [3.8, 4) is 0 Å². The molecule has 5 nitrogen and oxygen atoms in total. The third kappa shape index (κ3) is 10.1. The molecule has 3 aromatic carbocycles. The van der Waals surface area contributed by atoms with Gasteiger partial charge in [-0.1, -0.05) is 106 Å². The number of carbonyl (C=O) groups is 2. The highest BCUT2D eigenvalue weighted by Crippen LogP contribution is 2.39. The van der Waals surface area contributed by atoms with Crippen molar-refractivity contribution in [3.05, 3.63) is 107 Å². The van der Waals surface area contributed by atoms with Gasteiger partial charge in [0.05, 0.1) is 11.9 Å². The van der Waals surface area contributed by atoms with E-state index in [-0.39, 0.29) is 11.5 Å². The van der Waals surface area contributed by atoms with Crippen LogP contribution in [0, 0.1) is 5.41 Å². The zero-order valence-electron chi connectivity index (χ0n) is 22.8. The first-order valence-electron chi connectivity index (χ1n) is 12.6. The summed E-state index contributed by atoms with van der Waals surface area (Å²) < 4.78 is 0. The number of hydrogen-bond acceptors (Lipinski definition) is 4. The van der Waals surface area contributed by atoms with Crippen LogP contribution in [0.1, 0.15) is 67.8 Å². The van der Waals surface area contributed by atoms with Gasteiger partial charge in [-0.2, -0.15) is 0 Å². The van der Waals surface area contributed by atoms with E-state index in [1.165, 1.54) is 22.3 Å². The first kappa shape index (κ1) is 31.5. The van der Waals surface area contributed by atoms with Crippen LogP contribution in [0.3, 0.4) is 0 Å². The maximum Gasteiger partial charge on any atom is 0.106 e. The van der Waals surface area contributed by atoms with E-state index in [2.05, 4.69) is 116 Å². The number of hydrogen-bond donors (Lipinski definition) is 2. The van der Waals surface area contributed by atoms with Gasteiger partial charge < -0.3 is 20.6 Å². The van der Waals surface area contributed by atoms with Crippen LogP contribution in [-0.4, -0.2) is 33.0 Å². The summed E-state index contributed by atoms with van der Waals surface area (Å²) in [6, 6.07) is 30.4. The summed E-state index contributed by atoms with van der Waals surface area (Å²) in [6.07, 6.45) is 2.71. The number of rotatable bonds is 10. The average Bonchev–Trinajstić information content (AvgIpc) is 2.95. The predicted molar refractivity (Wildman–Crippen MR) is 156 cm³/mol. The molecule has 37 heavy (non-hydrogen) atoms. The second kappa shape index (κ2) is 17.0. The first-order valence-corrected chi connectivity index (χ1v) is 12.6. The van der Waals surface area contributed by atoms with Gasteiger partial charge in [0, 0.05) is 13.5 Å². The molecule has 0 spiro atoms. The molecule has 3 aromatic rings. The molecule has 3 rings (SSSR count). The molecule has 0 aliphatic heterocycles. The molecule has 3 N–H and O–H groups in total. The maximum absolute atomic E-state index is 8.00. The lowest BCUT2D eigenvalue weighted by atomic mass is 9.73. The monoisotopic (exact) mass is 501 g/mol. The highest BCUT2D eigenvalue weighted by atomic mass is 16.1. The molecule has 0 saturated carbocycles. The van der Waals surface area contributed by atoms with Crippen molar-refractivity contribution in [2.24, 2.45) is 16.1 Å². The quantitative estimate of drug-likeness (QED) is 0.258. The van der Waals surface area contributed by atoms with Crippen LogP contribution < -0.4 is 11.1 Å². The van der Waals surface area contributed by atoms with E-state index in [9.17, 15) is 0 Å². The molecule has 0 aliphatic carbocycles. The predicted octanol–water partition coefficient (Wildman–Crippen LogP) is 6.14. The molecule has 0 aliphatic rings. The van der Waals surface area contributed by atoms with E-state index in [0.29, 0.717) is 12.5 Å². The molecular formula is C32H43N3O2. The van der Waals surface area contributed by atoms with Gasteiger partial charge >= 0.3 is 0 Å². The zero-order chi connectivity index (χ0) is 27.7. The fraction of sp³-hybridized carbons (Fsp3) is 0.344. The Morgan fingerprint density at radius 3 is 1.97 bits per heavy atom. The lowest BCUT2D eigenvalue weighted by Crippen LogP contribution is -2.35. The minimum Gasteiger partial charge on any atom is -0.367 e. The van der Waals surface area contributed by atoms with Crippen molar-refractivity contribution in [1.82, 2.24) is 5.32 Å². The van der Waals surface area contributed by atoms with Crippen molar-refractivity contribution in [1.29, 1.82) is 0 Å². The summed E-state index contributed by atoms with van der Waals surface area (Å²) in [4.78, 5) is 20.6. The molecule has 0 fully saturated rings. The topological polar surface area (TPSA) is 84.5 Å². The third-order valence-corrected chi connectivity index (χ3v) is 6.77. The van der Waals surface area contributed by atoms with Crippen LogP contribution in [0.4, 0.5) is 0 Å². The van der Waals surface area contributed by atoms with Crippen LogP contribution in [-0.2, 0) is 16.0 Å². The van der Waals surface area contributed by atoms with Crippen LogP contribution in [0.2, 0.25) is 0 Å². The number of nitrogens with two attached hydrogens (primary N) is 1. The van der Waals surface area contributed by atoms with Crippen molar-refractivity contribution >= 4 is 19.4 Å². The molecule has 0 heterocycles. The molecule has 0 amide bonds. The van der Waals surface area contributed by atoms with Gasteiger partial charge in [0.1, 0.15) is 13.6 Å². The highest BCUT2D eigenvalue weighted by Gasteiger charge is 2.29. The van der Waals surface area contributed by atoms with Gasteiger partial charge in [-0.25, -0.2) is 0 Å². The van der Waals surface area contributed by atoms with Gasteiger partial charge in [0.25, 0.3) is 0 Å². The summed E-state index contributed by atoms with van der Waals surface area (Å²) >= 11 is 0. The lowest BCUT2D eigenvalue weighted by molar-refractivity contribution is -0.0987. The van der Waals surface area contributed by atoms with Gasteiger partial charge in [0.15, 0.2) is 0 Å². The molecule has 198 valence electrons. The van der Waals surface area contributed by atoms with E-state index in [4.69, 9.17) is 15.3 Å². The Kier molecular flexibility index (Phi) is 14.4. The Hall–Kier alpha value is -3.57. The molecule has 0 bridgehead atoms. The van der Waals surface area contributed by atoms with Crippen molar-refractivity contribution in [2.45, 2.75) is 52.0 Å². The van der Waals surface area contributed by atoms with Crippen molar-refractivity contribution in [3.63, 3.8) is 0 Å². The van der Waals surface area contributed by atoms with Crippen molar-refractivity contribution in [2.75, 3.05) is 13.6 Å². The number of amidine groups is 1. The number of carbonyl (C=O) groups excluding carboxylic acids is 2. The van der Waals surface area contributed by atoms with E-state index >= 15 is 0 Å². The Morgan fingerprint density at radius 2 is 1.41 bits per heavy atom. The third-order valence-electron chi connectivity index (χ3n) is 6.77. The Balaban J connectivity index is 0.00000163. The van der Waals surface area contributed by atoms with Gasteiger partial charge in [-0.05, 0) is 53.0 Å². The van der Waals surface area contributed by atoms with E-state index in [0.717, 1.165) is 25.1 Å². The second-order valence-electron chi connectivity index (χ2n) is 9.65. The molecule has 0 aromatic heterocycles. The summed E-state index contributed by atoms with van der Waals surface area (Å²) in [5.74, 6) is 1.42. The van der Waals surface area contributed by atoms with Crippen LogP contribution >= 0.6 is 0 Å². The van der Waals surface area contributed by atoms with Gasteiger partial charge in [-0.3, -0.25) is 4.99 Å². The molecular weight excluding hydrogens is 458 g/mol. The number of nitrogens with zero attached hydrogens (tertiary/aromatic N) is 1. The number of aliphatic imine (C=N–C) groups is 1. The van der Waals surface area contributed by atoms with Gasteiger partial charge in [-0.15, -0.1) is 0 Å². The molecule has 0 saturated heterocycles. The molecule has 1 unspecified atom stereocenters. The Bertz CT molecular complexity index is 1050. The Morgan fingerprint density at radius 1 is 0.865 bits per heavy atom. The Labute approximate surface area is 223 Å². The van der Waals surface area contributed by atoms with Crippen LogP contribution in [0.5, 0.6) is 0 Å². The molecule has 5 heteroatoms. The van der Waals surface area contributed by atoms with E-state index < -0.39 is 0 Å². The summed E-state index contributed by atoms with van der Waals surface area (Å²) in [5.41, 5.74) is 11.3. The zero-order valence-corrected chi connectivity index (χ0v) is 22.8. The molecule has 0 radical (unpaired) electrons. The fourth-order valence-corrected chi connectivity index (χ4v) is 4.41. The summed E-state index contributed by atoms with van der Waals surface area (Å²) in [6.45, 7) is 11.7. The maximum atomic E-state index is 8.00. The summed E-state index contributed by atoms with van der Waals surface area (Å²) in [5, 5.41) is 3.70. The van der Waals surface area contributed by atoms with Gasteiger partial charge in [0.2, 0.25) is 0 Å².